The number of phenolic OH excluding ortho intramolecular Hbond substituents is 1. The standard InChI is InChI=1S/C15H9F6NO2.ClH/c16-14(17,18)8-5-9(15(19,20)21)7-10(6-8)22-13(24)11-3-1-2-4-12(11)23;/h1-7,23H,(H,22,24);1H. The van der Waals surface area contributed by atoms with Gasteiger partial charge in [0.2, 0.25) is 0 Å². The Bertz CT molecular complexity index is 741. The highest BCUT2D eigenvalue weighted by atomic mass is 35.5. The summed E-state index contributed by atoms with van der Waals surface area (Å²) in [5, 5.41) is 11.4. The maximum absolute atomic E-state index is 12.7. The highest BCUT2D eigenvalue weighted by Gasteiger charge is 2.37. The largest absolute Gasteiger partial charge is 0.507 e. The van der Waals surface area contributed by atoms with Crippen LogP contribution in [0.2, 0.25) is 0 Å². The molecule has 0 bridgehead atoms. The van der Waals surface area contributed by atoms with Crippen LogP contribution in [0, 0.1) is 0 Å². The van der Waals surface area contributed by atoms with Gasteiger partial charge in [-0.15, -0.1) is 12.4 Å². The maximum Gasteiger partial charge on any atom is 0.416 e. The lowest BCUT2D eigenvalue weighted by molar-refractivity contribution is -0.143. The summed E-state index contributed by atoms with van der Waals surface area (Å²) in [4.78, 5) is 11.9. The molecule has 0 atom stereocenters. The first-order valence-corrected chi connectivity index (χ1v) is 6.37. The molecule has 0 aliphatic carbocycles. The average molecular weight is 386 g/mol. The molecule has 0 saturated carbocycles. The first-order chi connectivity index (χ1) is 11.0. The number of halogens is 7. The van der Waals surface area contributed by atoms with Gasteiger partial charge in [0.15, 0.2) is 0 Å². The fourth-order valence-corrected chi connectivity index (χ4v) is 1.89. The van der Waals surface area contributed by atoms with Gasteiger partial charge in [0.1, 0.15) is 5.75 Å². The van der Waals surface area contributed by atoms with Crippen molar-refractivity contribution in [2.75, 3.05) is 5.32 Å². The summed E-state index contributed by atoms with van der Waals surface area (Å²) in [6, 6.07) is 5.82. The number of anilines is 1. The summed E-state index contributed by atoms with van der Waals surface area (Å²) in [7, 11) is 0. The van der Waals surface area contributed by atoms with Gasteiger partial charge in [-0.3, -0.25) is 4.79 Å². The van der Waals surface area contributed by atoms with Crippen molar-refractivity contribution in [1.29, 1.82) is 0 Å². The van der Waals surface area contributed by atoms with E-state index >= 15 is 0 Å². The lowest BCUT2D eigenvalue weighted by atomic mass is 10.1. The van der Waals surface area contributed by atoms with Crippen LogP contribution in [0.5, 0.6) is 5.75 Å². The third-order valence-corrected chi connectivity index (χ3v) is 2.99. The Balaban J connectivity index is 0.00000312. The maximum atomic E-state index is 12.7. The van der Waals surface area contributed by atoms with Crippen molar-refractivity contribution in [1.82, 2.24) is 0 Å². The van der Waals surface area contributed by atoms with E-state index < -0.39 is 40.8 Å². The Hall–Kier alpha value is -2.42. The van der Waals surface area contributed by atoms with Crippen LogP contribution in [-0.2, 0) is 12.4 Å². The number of alkyl halides is 6. The zero-order valence-corrected chi connectivity index (χ0v) is 12.9. The fourth-order valence-electron chi connectivity index (χ4n) is 1.89. The molecule has 0 unspecified atom stereocenters. The molecule has 1 amide bonds. The van der Waals surface area contributed by atoms with Gasteiger partial charge in [-0.25, -0.2) is 0 Å². The Morgan fingerprint density at radius 2 is 1.36 bits per heavy atom. The van der Waals surface area contributed by atoms with Gasteiger partial charge in [-0.05, 0) is 30.3 Å². The van der Waals surface area contributed by atoms with Crippen LogP contribution in [0.25, 0.3) is 0 Å². The summed E-state index contributed by atoms with van der Waals surface area (Å²) in [6.07, 6.45) is -10.0. The number of carbonyl (C=O) groups excluding carboxylic acids is 1. The van der Waals surface area contributed by atoms with Gasteiger partial charge in [0.25, 0.3) is 5.91 Å². The first-order valence-electron chi connectivity index (χ1n) is 6.37. The predicted octanol–water partition coefficient (Wildman–Crippen LogP) is 5.10. The van der Waals surface area contributed by atoms with E-state index in [-0.39, 0.29) is 24.0 Å². The van der Waals surface area contributed by atoms with Gasteiger partial charge >= 0.3 is 12.4 Å². The number of para-hydroxylation sites is 1. The van der Waals surface area contributed by atoms with Crippen LogP contribution in [0.1, 0.15) is 21.5 Å². The molecule has 2 aromatic rings. The zero-order valence-electron chi connectivity index (χ0n) is 12.1. The van der Waals surface area contributed by atoms with E-state index in [9.17, 15) is 36.2 Å². The number of hydrogen-bond donors (Lipinski definition) is 2. The van der Waals surface area contributed by atoms with Crippen molar-refractivity contribution < 1.29 is 36.2 Å². The van der Waals surface area contributed by atoms with Crippen LogP contribution in [0.4, 0.5) is 32.0 Å². The van der Waals surface area contributed by atoms with Crippen molar-refractivity contribution >= 4 is 24.0 Å². The second-order valence-corrected chi connectivity index (χ2v) is 4.77. The van der Waals surface area contributed by atoms with Crippen molar-refractivity contribution in [3.05, 3.63) is 59.2 Å². The third-order valence-electron chi connectivity index (χ3n) is 2.99. The quantitative estimate of drug-likeness (QED) is 0.706. The average Bonchev–Trinajstić information content (AvgIpc) is 2.45. The Morgan fingerprint density at radius 3 is 1.80 bits per heavy atom. The number of carbonyl (C=O) groups is 1. The molecule has 0 saturated heterocycles. The molecule has 3 nitrogen and oxygen atoms in total. The van der Waals surface area contributed by atoms with Crippen LogP contribution in [0.15, 0.2) is 42.5 Å². The van der Waals surface area contributed by atoms with Crippen molar-refractivity contribution in [2.45, 2.75) is 12.4 Å². The van der Waals surface area contributed by atoms with Crippen LogP contribution in [-0.4, -0.2) is 11.0 Å². The normalized spacial score (nSPS) is 11.6. The number of amides is 1. The van der Waals surface area contributed by atoms with E-state index in [1.54, 1.807) is 0 Å². The van der Waals surface area contributed by atoms with E-state index in [1.807, 2.05) is 5.32 Å². The molecule has 0 aromatic heterocycles. The number of hydrogen-bond acceptors (Lipinski definition) is 2. The van der Waals surface area contributed by atoms with Crippen molar-refractivity contribution in [3.63, 3.8) is 0 Å². The zero-order chi connectivity index (χ0) is 18.1. The van der Waals surface area contributed by atoms with Crippen LogP contribution >= 0.6 is 12.4 Å². The van der Waals surface area contributed by atoms with E-state index in [1.165, 1.54) is 18.2 Å². The molecule has 0 fully saturated rings. The second kappa shape index (κ2) is 7.22. The van der Waals surface area contributed by atoms with Crippen molar-refractivity contribution in [2.24, 2.45) is 0 Å². The van der Waals surface area contributed by atoms with Crippen molar-refractivity contribution in [3.8, 4) is 5.75 Å². The molecule has 0 aliphatic rings. The minimum absolute atomic E-state index is 0. The van der Waals surface area contributed by atoms with Gasteiger partial charge in [-0.1, -0.05) is 12.1 Å². The molecule has 2 rings (SSSR count). The number of nitrogens with one attached hydrogen (secondary N) is 1. The molecule has 25 heavy (non-hydrogen) atoms. The molecule has 2 N–H and O–H groups in total. The SMILES string of the molecule is Cl.O=C(Nc1cc(C(F)(F)F)cc(C(F)(F)F)c1)c1ccccc1O. The van der Waals surface area contributed by atoms with Gasteiger partial charge < -0.3 is 10.4 Å². The molecule has 0 radical (unpaired) electrons. The predicted molar refractivity (Wildman–Crippen MR) is 79.8 cm³/mol. The Kier molecular flexibility index (Phi) is 5.96. The highest BCUT2D eigenvalue weighted by Crippen LogP contribution is 2.37. The van der Waals surface area contributed by atoms with E-state index in [0.29, 0.717) is 12.1 Å². The van der Waals surface area contributed by atoms with Gasteiger partial charge in [0.05, 0.1) is 16.7 Å². The molecular formula is C15H10ClF6NO2. The topological polar surface area (TPSA) is 49.3 Å². The summed E-state index contributed by atoms with van der Waals surface area (Å²) >= 11 is 0. The van der Waals surface area contributed by atoms with Crippen LogP contribution in [0.3, 0.4) is 0 Å². The monoisotopic (exact) mass is 385 g/mol. The molecule has 10 heteroatoms. The first kappa shape index (κ1) is 20.6. The van der Waals surface area contributed by atoms with Gasteiger partial charge in [-0.2, -0.15) is 26.3 Å². The van der Waals surface area contributed by atoms with E-state index in [4.69, 9.17) is 0 Å². The number of benzene rings is 2. The highest BCUT2D eigenvalue weighted by molar-refractivity contribution is 6.06. The minimum atomic E-state index is -5.02. The summed E-state index contributed by atoms with van der Waals surface area (Å²) in [5.41, 5.74) is -4.08. The summed E-state index contributed by atoms with van der Waals surface area (Å²) in [6.45, 7) is 0. The Labute approximate surface area is 143 Å². The molecule has 136 valence electrons. The smallest absolute Gasteiger partial charge is 0.416 e. The minimum Gasteiger partial charge on any atom is -0.507 e. The molecule has 0 heterocycles. The van der Waals surface area contributed by atoms with E-state index in [0.717, 1.165) is 6.07 Å². The lowest BCUT2D eigenvalue weighted by Gasteiger charge is -2.15. The van der Waals surface area contributed by atoms with Gasteiger partial charge in [0, 0.05) is 5.69 Å². The lowest BCUT2D eigenvalue weighted by Crippen LogP contribution is -2.16. The number of rotatable bonds is 2. The number of phenols is 1. The number of aromatic hydroxyl groups is 1. The second-order valence-electron chi connectivity index (χ2n) is 4.77. The van der Waals surface area contributed by atoms with Crippen LogP contribution < -0.4 is 5.32 Å². The molecule has 0 aliphatic heterocycles. The molecular weight excluding hydrogens is 376 g/mol. The molecule has 0 spiro atoms. The summed E-state index contributed by atoms with van der Waals surface area (Å²) < 4.78 is 76.4. The summed E-state index contributed by atoms with van der Waals surface area (Å²) in [5.74, 6) is -1.50. The molecule has 2 aromatic carbocycles. The third kappa shape index (κ3) is 5.02. The fraction of sp³-hybridized carbons (Fsp3) is 0.133. The Morgan fingerprint density at radius 1 is 0.880 bits per heavy atom. The van der Waals surface area contributed by atoms with E-state index in [2.05, 4.69) is 0 Å².